The summed E-state index contributed by atoms with van der Waals surface area (Å²) in [5.74, 6) is -3.51. The average Bonchev–Trinajstić information content (AvgIpc) is 3.32. The van der Waals surface area contributed by atoms with Gasteiger partial charge in [0.15, 0.2) is 0 Å². The van der Waals surface area contributed by atoms with Crippen molar-refractivity contribution in [2.24, 2.45) is 17.2 Å². The molecule has 0 spiro atoms. The van der Waals surface area contributed by atoms with Crippen LogP contribution in [0.5, 0.6) is 0 Å². The predicted octanol–water partition coefficient (Wildman–Crippen LogP) is -0.666. The van der Waals surface area contributed by atoms with Crippen molar-refractivity contribution in [1.82, 2.24) is 20.9 Å². The number of aromatic nitrogens is 1. The predicted molar refractivity (Wildman–Crippen MR) is 153 cm³/mol. The van der Waals surface area contributed by atoms with E-state index in [2.05, 4.69) is 20.9 Å². The maximum absolute atomic E-state index is 13.5. The number of carboxylic acid groups (broad SMARTS) is 1. The highest BCUT2D eigenvalue weighted by Crippen LogP contribution is 2.19. The second-order valence-corrected chi connectivity index (χ2v) is 10.4. The fourth-order valence-corrected chi connectivity index (χ4v) is 4.59. The van der Waals surface area contributed by atoms with Gasteiger partial charge in [0.05, 0.1) is 12.5 Å². The Morgan fingerprint density at radius 1 is 0.950 bits per heavy atom. The lowest BCUT2D eigenvalue weighted by atomic mass is 10.0. The molecule has 4 atom stereocenters. The first kappa shape index (κ1) is 32.6. The van der Waals surface area contributed by atoms with Gasteiger partial charge in [0, 0.05) is 23.5 Å². The summed E-state index contributed by atoms with van der Waals surface area (Å²) in [6.45, 7) is 0.380. The Labute approximate surface area is 236 Å². The quantitative estimate of drug-likeness (QED) is 0.105. The van der Waals surface area contributed by atoms with Gasteiger partial charge >= 0.3 is 5.97 Å². The number of carbonyl (C=O) groups is 5. The number of carboxylic acids is 1. The number of hydrogen-bond donors (Lipinski definition) is 8. The molecule has 13 nitrogen and oxygen atoms in total. The Morgan fingerprint density at radius 3 is 2.25 bits per heavy atom. The molecule has 1 aromatic carbocycles. The van der Waals surface area contributed by atoms with Crippen molar-refractivity contribution in [3.05, 3.63) is 36.0 Å². The van der Waals surface area contributed by atoms with Crippen LogP contribution in [0, 0.1) is 0 Å². The number of H-pyrrole nitrogens is 1. The summed E-state index contributed by atoms with van der Waals surface area (Å²) in [6, 6.07) is 2.78. The smallest absolute Gasteiger partial charge is 0.326 e. The fraction of sp³-hybridized carbons (Fsp3) is 0.500. The van der Waals surface area contributed by atoms with E-state index in [0.717, 1.165) is 16.5 Å². The van der Waals surface area contributed by atoms with Crippen LogP contribution in [0.25, 0.3) is 10.9 Å². The highest BCUT2D eigenvalue weighted by atomic mass is 32.2. The van der Waals surface area contributed by atoms with Crippen LogP contribution in [0.2, 0.25) is 0 Å². The number of aliphatic carboxylic acids is 1. The number of para-hydroxylation sites is 1. The second kappa shape index (κ2) is 16.5. The summed E-state index contributed by atoms with van der Waals surface area (Å²) in [5.41, 5.74) is 18.1. The van der Waals surface area contributed by atoms with E-state index < -0.39 is 60.2 Å². The molecule has 40 heavy (non-hydrogen) atoms. The molecular formula is C26H39N7O6S. The third-order valence-electron chi connectivity index (χ3n) is 6.29. The van der Waals surface area contributed by atoms with Gasteiger partial charge in [-0.25, -0.2) is 4.79 Å². The molecule has 0 aliphatic rings. The van der Waals surface area contributed by atoms with Crippen molar-refractivity contribution in [3.63, 3.8) is 0 Å². The summed E-state index contributed by atoms with van der Waals surface area (Å²) >= 11 is 1.45. The van der Waals surface area contributed by atoms with E-state index in [-0.39, 0.29) is 19.3 Å². The van der Waals surface area contributed by atoms with Crippen LogP contribution in [0.4, 0.5) is 0 Å². The van der Waals surface area contributed by atoms with Crippen LogP contribution < -0.4 is 33.2 Å². The lowest BCUT2D eigenvalue weighted by Gasteiger charge is -2.25. The molecule has 0 saturated carbocycles. The molecule has 0 saturated heterocycles. The molecule has 4 amide bonds. The fourth-order valence-electron chi connectivity index (χ4n) is 4.12. The molecule has 1 aromatic heterocycles. The first-order chi connectivity index (χ1) is 19.1. The third kappa shape index (κ3) is 10.2. The SMILES string of the molecule is CSCCC(NC(=O)C(CCCCN)NC(=O)C(Cc1c[nH]c2ccccc12)NC(=O)C(N)CC(N)=O)C(=O)O. The summed E-state index contributed by atoms with van der Waals surface area (Å²) in [6.07, 6.45) is 4.69. The molecule has 0 radical (unpaired) electrons. The van der Waals surface area contributed by atoms with Crippen LogP contribution in [-0.2, 0) is 30.4 Å². The minimum Gasteiger partial charge on any atom is -0.480 e. The Balaban J connectivity index is 2.29. The van der Waals surface area contributed by atoms with Crippen LogP contribution >= 0.6 is 11.8 Å². The lowest BCUT2D eigenvalue weighted by molar-refractivity contribution is -0.142. The molecule has 0 aliphatic heterocycles. The van der Waals surface area contributed by atoms with E-state index in [1.807, 2.05) is 30.5 Å². The molecule has 11 N–H and O–H groups in total. The molecule has 220 valence electrons. The van der Waals surface area contributed by atoms with E-state index >= 15 is 0 Å². The van der Waals surface area contributed by atoms with Gasteiger partial charge in [-0.1, -0.05) is 18.2 Å². The largest absolute Gasteiger partial charge is 0.480 e. The Hall–Kier alpha value is -3.62. The van der Waals surface area contributed by atoms with Gasteiger partial charge < -0.3 is 43.2 Å². The molecule has 0 fully saturated rings. The minimum atomic E-state index is -1.27. The van der Waals surface area contributed by atoms with Crippen LogP contribution in [0.15, 0.2) is 30.5 Å². The normalized spacial score (nSPS) is 14.1. The van der Waals surface area contributed by atoms with Crippen molar-refractivity contribution in [2.45, 2.75) is 62.7 Å². The maximum atomic E-state index is 13.5. The minimum absolute atomic E-state index is 0.0491. The first-order valence-electron chi connectivity index (χ1n) is 13.0. The van der Waals surface area contributed by atoms with Crippen LogP contribution in [-0.4, -0.2) is 82.4 Å². The Morgan fingerprint density at radius 2 is 1.60 bits per heavy atom. The zero-order chi connectivity index (χ0) is 29.7. The molecule has 0 bridgehead atoms. The summed E-state index contributed by atoms with van der Waals surface area (Å²) in [7, 11) is 0. The summed E-state index contributed by atoms with van der Waals surface area (Å²) in [5, 5.41) is 18.1. The van der Waals surface area contributed by atoms with Gasteiger partial charge in [0.2, 0.25) is 23.6 Å². The van der Waals surface area contributed by atoms with Gasteiger partial charge in [0.25, 0.3) is 0 Å². The zero-order valence-corrected chi connectivity index (χ0v) is 23.3. The van der Waals surface area contributed by atoms with Crippen molar-refractivity contribution in [1.29, 1.82) is 0 Å². The monoisotopic (exact) mass is 577 g/mol. The highest BCUT2D eigenvalue weighted by Gasteiger charge is 2.31. The van der Waals surface area contributed by atoms with Crippen molar-refractivity contribution < 1.29 is 29.1 Å². The van der Waals surface area contributed by atoms with Gasteiger partial charge in [-0.3, -0.25) is 19.2 Å². The number of unbranched alkanes of at least 4 members (excludes halogenated alkanes) is 1. The Kier molecular flexibility index (Phi) is 13.4. The van der Waals surface area contributed by atoms with Crippen molar-refractivity contribution in [3.8, 4) is 0 Å². The third-order valence-corrected chi connectivity index (χ3v) is 6.94. The molecule has 4 unspecified atom stereocenters. The number of fused-ring (bicyclic) bond motifs is 1. The molecule has 0 aliphatic carbocycles. The number of aromatic amines is 1. The standard InChI is InChI=1S/C26H39N7O6S/c1-40-11-9-20(26(38)39)32-24(36)19(8-4-5-10-27)31-25(37)21(33-23(35)17(28)13-22(29)34)12-15-14-30-18-7-3-2-6-16(15)18/h2-3,6-7,14,17,19-21,30H,4-5,8-13,27-28H2,1H3,(H2,29,34)(H,31,37)(H,32,36)(H,33,35)(H,38,39). The average molecular weight is 578 g/mol. The zero-order valence-electron chi connectivity index (χ0n) is 22.5. The maximum Gasteiger partial charge on any atom is 0.326 e. The second-order valence-electron chi connectivity index (χ2n) is 9.43. The van der Waals surface area contributed by atoms with Gasteiger partial charge in [-0.15, -0.1) is 0 Å². The van der Waals surface area contributed by atoms with Gasteiger partial charge in [-0.2, -0.15) is 11.8 Å². The van der Waals surface area contributed by atoms with E-state index in [4.69, 9.17) is 17.2 Å². The molecule has 14 heteroatoms. The molecule has 2 aromatic rings. The van der Waals surface area contributed by atoms with E-state index in [1.165, 1.54) is 11.8 Å². The number of nitrogens with one attached hydrogen (secondary N) is 4. The van der Waals surface area contributed by atoms with E-state index in [9.17, 15) is 29.1 Å². The topological polar surface area (TPSA) is 236 Å². The number of thioether (sulfide) groups is 1. The van der Waals surface area contributed by atoms with Crippen LogP contribution in [0.1, 0.15) is 37.7 Å². The number of nitrogens with two attached hydrogens (primary N) is 3. The Bertz CT molecular complexity index is 1170. The van der Waals surface area contributed by atoms with E-state index in [0.29, 0.717) is 25.1 Å². The van der Waals surface area contributed by atoms with E-state index in [1.54, 1.807) is 6.20 Å². The number of primary amides is 1. The molecule has 2 rings (SSSR count). The number of hydrogen-bond acceptors (Lipinski definition) is 8. The van der Waals surface area contributed by atoms with Crippen molar-refractivity contribution in [2.75, 3.05) is 18.6 Å². The summed E-state index contributed by atoms with van der Waals surface area (Å²) in [4.78, 5) is 65.5. The molecule has 1 heterocycles. The van der Waals surface area contributed by atoms with Crippen molar-refractivity contribution >= 4 is 52.3 Å². The number of amides is 4. The number of benzene rings is 1. The first-order valence-corrected chi connectivity index (χ1v) is 14.4. The lowest BCUT2D eigenvalue weighted by Crippen LogP contribution is -2.57. The number of carbonyl (C=O) groups excluding carboxylic acids is 4. The van der Waals surface area contributed by atoms with Gasteiger partial charge in [0.1, 0.15) is 18.1 Å². The van der Waals surface area contributed by atoms with Gasteiger partial charge in [-0.05, 0) is 55.9 Å². The highest BCUT2D eigenvalue weighted by molar-refractivity contribution is 7.98. The number of rotatable bonds is 18. The molecular weight excluding hydrogens is 538 g/mol. The summed E-state index contributed by atoms with van der Waals surface area (Å²) < 4.78 is 0. The van der Waals surface area contributed by atoms with Crippen LogP contribution in [0.3, 0.4) is 0 Å².